The lowest BCUT2D eigenvalue weighted by Crippen LogP contribution is -1.97. The Kier molecular flexibility index (Phi) is 6.26. The first-order valence-corrected chi connectivity index (χ1v) is 8.42. The molecule has 3 rings (SSSR count). The van der Waals surface area contributed by atoms with Gasteiger partial charge >= 0.3 is 0 Å². The van der Waals surface area contributed by atoms with Crippen molar-refractivity contribution in [1.82, 2.24) is 4.98 Å². The number of halogens is 4. The molecule has 0 aliphatic heterocycles. The van der Waals surface area contributed by atoms with E-state index in [-0.39, 0.29) is 24.2 Å². The van der Waals surface area contributed by atoms with Gasteiger partial charge in [0.1, 0.15) is 11.4 Å². The molecular weight excluding hydrogens is 370 g/mol. The van der Waals surface area contributed by atoms with Crippen LogP contribution in [0, 0.1) is 23.3 Å². The second-order valence-electron chi connectivity index (χ2n) is 5.79. The van der Waals surface area contributed by atoms with Crippen LogP contribution < -0.4 is 0 Å². The van der Waals surface area contributed by atoms with Crippen molar-refractivity contribution in [3.05, 3.63) is 89.3 Å². The summed E-state index contributed by atoms with van der Waals surface area (Å²) >= 11 is 0. The number of rotatable bonds is 6. The van der Waals surface area contributed by atoms with Crippen molar-refractivity contribution in [2.45, 2.75) is 12.8 Å². The van der Waals surface area contributed by atoms with Gasteiger partial charge in [0.15, 0.2) is 23.3 Å². The molecule has 0 bridgehead atoms. The molecule has 1 heterocycles. The molecule has 0 amide bonds. The van der Waals surface area contributed by atoms with Crippen LogP contribution in [0.2, 0.25) is 0 Å². The Balaban J connectivity index is 1.66. The Morgan fingerprint density at radius 2 is 0.964 bits per heavy atom. The summed E-state index contributed by atoms with van der Waals surface area (Å²) in [4.78, 5) is 12.0. The first kappa shape index (κ1) is 19.4. The van der Waals surface area contributed by atoms with Gasteiger partial charge in [0.25, 0.3) is 0 Å². The molecule has 0 N–H and O–H groups in total. The number of pyridine rings is 1. The maximum absolute atomic E-state index is 13.5. The molecule has 0 saturated carbocycles. The lowest BCUT2D eigenvalue weighted by atomic mass is 10.2. The van der Waals surface area contributed by atoms with Crippen molar-refractivity contribution in [2.75, 3.05) is 0 Å². The zero-order valence-electron chi connectivity index (χ0n) is 14.6. The van der Waals surface area contributed by atoms with Gasteiger partial charge in [-0.25, -0.2) is 17.6 Å². The highest BCUT2D eigenvalue weighted by molar-refractivity contribution is 5.67. The van der Waals surface area contributed by atoms with E-state index in [1.807, 2.05) is 0 Å². The van der Waals surface area contributed by atoms with Crippen molar-refractivity contribution in [3.8, 4) is 0 Å². The van der Waals surface area contributed by atoms with Crippen LogP contribution in [-0.2, 0) is 12.8 Å². The maximum Gasteiger partial charge on any atom is 0.151 e. The quantitative estimate of drug-likeness (QED) is 0.406. The molecule has 3 nitrogen and oxygen atoms in total. The van der Waals surface area contributed by atoms with Crippen LogP contribution in [0.5, 0.6) is 0 Å². The Morgan fingerprint density at radius 3 is 1.36 bits per heavy atom. The van der Waals surface area contributed by atoms with Crippen molar-refractivity contribution < 1.29 is 17.6 Å². The van der Waals surface area contributed by atoms with Crippen LogP contribution in [0.15, 0.2) is 64.6 Å². The monoisotopic (exact) mass is 385 g/mol. The average molecular weight is 385 g/mol. The van der Waals surface area contributed by atoms with Gasteiger partial charge in [-0.1, -0.05) is 18.2 Å². The van der Waals surface area contributed by atoms with Gasteiger partial charge in [-0.2, -0.15) is 0 Å². The van der Waals surface area contributed by atoms with E-state index in [9.17, 15) is 17.6 Å². The Bertz CT molecular complexity index is 913. The molecule has 0 spiro atoms. The summed E-state index contributed by atoms with van der Waals surface area (Å²) in [6.45, 7) is 0. The topological polar surface area (TPSA) is 37.6 Å². The number of para-hydroxylation sites is 2. The van der Waals surface area contributed by atoms with Crippen LogP contribution in [0.1, 0.15) is 11.4 Å². The number of aliphatic imine (C=N–C) groups is 2. The minimum absolute atomic E-state index is 0.265. The summed E-state index contributed by atoms with van der Waals surface area (Å²) in [6.07, 6.45) is 3.27. The van der Waals surface area contributed by atoms with Crippen molar-refractivity contribution in [1.29, 1.82) is 0 Å². The first-order valence-electron chi connectivity index (χ1n) is 8.42. The van der Waals surface area contributed by atoms with Gasteiger partial charge in [-0.05, 0) is 36.4 Å². The number of hydrogen-bond acceptors (Lipinski definition) is 3. The Labute approximate surface area is 159 Å². The number of nitrogens with zero attached hydrogens (tertiary/aromatic N) is 3. The normalized spacial score (nSPS) is 11.6. The molecule has 7 heteroatoms. The summed E-state index contributed by atoms with van der Waals surface area (Å²) in [6, 6.07) is 12.3. The maximum atomic E-state index is 13.5. The molecule has 2 aromatic carbocycles. The minimum atomic E-state index is -0.741. The van der Waals surface area contributed by atoms with Crippen LogP contribution in [0.25, 0.3) is 0 Å². The summed E-state index contributed by atoms with van der Waals surface area (Å²) in [7, 11) is 0. The fourth-order valence-corrected chi connectivity index (χ4v) is 2.44. The standard InChI is InChI=1S/C21H15F4N3/c22-16-6-2-7-17(23)20(16)26-12-10-14-4-1-5-15(28-14)11-13-27-21-18(24)8-3-9-19(21)25/h1-9,12-13H,10-11H2. The highest BCUT2D eigenvalue weighted by Crippen LogP contribution is 2.22. The summed E-state index contributed by atoms with van der Waals surface area (Å²) in [5, 5.41) is 0. The largest absolute Gasteiger partial charge is 0.257 e. The molecule has 0 atom stereocenters. The molecule has 3 aromatic rings. The second-order valence-corrected chi connectivity index (χ2v) is 5.79. The molecule has 0 unspecified atom stereocenters. The molecular formula is C21H15F4N3. The number of hydrogen-bond donors (Lipinski definition) is 0. The summed E-state index contributed by atoms with van der Waals surface area (Å²) in [5.41, 5.74) is 0.558. The Morgan fingerprint density at radius 1 is 0.607 bits per heavy atom. The number of aromatic nitrogens is 1. The van der Waals surface area contributed by atoms with E-state index < -0.39 is 23.3 Å². The SMILES string of the molecule is Fc1cccc(F)c1N=CCc1cccc(CC=Nc2c(F)cccc2F)n1. The van der Waals surface area contributed by atoms with E-state index in [0.29, 0.717) is 11.4 Å². The lowest BCUT2D eigenvalue weighted by molar-refractivity contribution is 0.587. The fraction of sp³-hybridized carbons (Fsp3) is 0.0952. The van der Waals surface area contributed by atoms with Crippen molar-refractivity contribution in [3.63, 3.8) is 0 Å². The predicted molar refractivity (Wildman–Crippen MR) is 101 cm³/mol. The molecule has 0 radical (unpaired) electrons. The van der Waals surface area contributed by atoms with Gasteiger partial charge in [-0.15, -0.1) is 0 Å². The van der Waals surface area contributed by atoms with E-state index in [1.54, 1.807) is 18.2 Å². The molecule has 0 aliphatic carbocycles. The van der Waals surface area contributed by atoms with E-state index in [4.69, 9.17) is 0 Å². The van der Waals surface area contributed by atoms with Crippen LogP contribution in [-0.4, -0.2) is 17.4 Å². The zero-order valence-corrected chi connectivity index (χ0v) is 14.6. The van der Waals surface area contributed by atoms with Crippen LogP contribution >= 0.6 is 0 Å². The number of benzene rings is 2. The van der Waals surface area contributed by atoms with Crippen molar-refractivity contribution >= 4 is 23.8 Å². The molecule has 0 saturated heterocycles. The van der Waals surface area contributed by atoms with Crippen molar-refractivity contribution in [2.24, 2.45) is 9.98 Å². The lowest BCUT2D eigenvalue weighted by Gasteiger charge is -2.01. The van der Waals surface area contributed by atoms with Crippen LogP contribution in [0.3, 0.4) is 0 Å². The highest BCUT2D eigenvalue weighted by atomic mass is 19.1. The van der Waals surface area contributed by atoms with Gasteiger partial charge in [-0.3, -0.25) is 15.0 Å². The fourth-order valence-electron chi connectivity index (χ4n) is 2.44. The van der Waals surface area contributed by atoms with Gasteiger partial charge in [0.2, 0.25) is 0 Å². The Hall–Kier alpha value is -3.35. The summed E-state index contributed by atoms with van der Waals surface area (Å²) < 4.78 is 54.2. The van der Waals surface area contributed by atoms with E-state index in [2.05, 4.69) is 15.0 Å². The van der Waals surface area contributed by atoms with E-state index in [0.717, 1.165) is 24.3 Å². The molecule has 142 valence electrons. The zero-order chi connectivity index (χ0) is 19.9. The third kappa shape index (κ3) is 4.88. The second kappa shape index (κ2) is 9.03. The average Bonchev–Trinajstić information content (AvgIpc) is 2.67. The molecule has 1 aromatic heterocycles. The minimum Gasteiger partial charge on any atom is -0.257 e. The molecule has 28 heavy (non-hydrogen) atoms. The van der Waals surface area contributed by atoms with Gasteiger partial charge in [0, 0.05) is 36.7 Å². The molecule has 0 fully saturated rings. The summed E-state index contributed by atoms with van der Waals surface area (Å²) in [5.74, 6) is -2.96. The smallest absolute Gasteiger partial charge is 0.151 e. The van der Waals surface area contributed by atoms with Gasteiger partial charge < -0.3 is 0 Å². The highest BCUT2D eigenvalue weighted by Gasteiger charge is 2.06. The third-order valence-corrected chi connectivity index (χ3v) is 3.78. The first-order chi connectivity index (χ1) is 13.5. The predicted octanol–water partition coefficient (Wildman–Crippen LogP) is 5.53. The van der Waals surface area contributed by atoms with E-state index >= 15 is 0 Å². The third-order valence-electron chi connectivity index (χ3n) is 3.78. The van der Waals surface area contributed by atoms with Gasteiger partial charge in [0.05, 0.1) is 0 Å². The van der Waals surface area contributed by atoms with E-state index in [1.165, 1.54) is 24.6 Å². The molecule has 0 aliphatic rings. The van der Waals surface area contributed by atoms with Crippen LogP contribution in [0.4, 0.5) is 28.9 Å².